The molecule has 0 spiro atoms. The predicted octanol–water partition coefficient (Wildman–Crippen LogP) is 3.90. The van der Waals surface area contributed by atoms with Gasteiger partial charge in [0.2, 0.25) is 0 Å². The molecule has 0 aromatic heterocycles. The van der Waals surface area contributed by atoms with Gasteiger partial charge >= 0.3 is 11.9 Å². The van der Waals surface area contributed by atoms with Crippen molar-refractivity contribution in [3.63, 3.8) is 0 Å². The SMILES string of the molecule is CCCCCCOc1ccc(C(=O)OC2COC3C(OC(=O)c4ccc(O)cc4)COC23)cc1. The maximum atomic E-state index is 12.6. The Morgan fingerprint density at radius 3 is 1.88 bits per heavy atom. The highest BCUT2D eigenvalue weighted by Crippen LogP contribution is 2.31. The van der Waals surface area contributed by atoms with E-state index in [1.807, 2.05) is 0 Å². The summed E-state index contributed by atoms with van der Waals surface area (Å²) in [5.41, 5.74) is 0.727. The van der Waals surface area contributed by atoms with Gasteiger partial charge in [0.1, 0.15) is 23.7 Å². The number of unbranched alkanes of at least 4 members (excludes halogenated alkanes) is 3. The lowest BCUT2D eigenvalue weighted by atomic mass is 10.1. The second kappa shape index (κ2) is 11.4. The quantitative estimate of drug-likeness (QED) is 0.412. The molecule has 4 unspecified atom stereocenters. The van der Waals surface area contributed by atoms with E-state index in [4.69, 9.17) is 23.7 Å². The fourth-order valence-corrected chi connectivity index (χ4v) is 4.05. The minimum absolute atomic E-state index is 0.0640. The number of hydrogen-bond donors (Lipinski definition) is 1. The van der Waals surface area contributed by atoms with Crippen molar-refractivity contribution in [1.82, 2.24) is 0 Å². The first-order valence-corrected chi connectivity index (χ1v) is 11.7. The van der Waals surface area contributed by atoms with E-state index in [1.54, 1.807) is 24.3 Å². The van der Waals surface area contributed by atoms with Gasteiger partial charge in [-0.05, 0) is 55.0 Å². The predicted molar refractivity (Wildman–Crippen MR) is 122 cm³/mol. The van der Waals surface area contributed by atoms with Crippen molar-refractivity contribution in [2.75, 3.05) is 19.8 Å². The number of phenols is 1. The van der Waals surface area contributed by atoms with Crippen LogP contribution in [0.5, 0.6) is 11.5 Å². The number of carbonyl (C=O) groups is 2. The summed E-state index contributed by atoms with van der Waals surface area (Å²) in [5.74, 6) is -0.230. The van der Waals surface area contributed by atoms with Gasteiger partial charge in [-0.15, -0.1) is 0 Å². The number of esters is 2. The molecule has 2 heterocycles. The largest absolute Gasteiger partial charge is 0.508 e. The first-order valence-electron chi connectivity index (χ1n) is 11.7. The molecule has 2 aromatic carbocycles. The van der Waals surface area contributed by atoms with Crippen molar-refractivity contribution in [1.29, 1.82) is 0 Å². The first kappa shape index (κ1) is 24.0. The molecular weight excluding hydrogens is 440 g/mol. The monoisotopic (exact) mass is 470 g/mol. The van der Waals surface area contributed by atoms with Crippen LogP contribution in [0.2, 0.25) is 0 Å². The zero-order chi connectivity index (χ0) is 23.9. The van der Waals surface area contributed by atoms with E-state index in [1.165, 1.54) is 37.1 Å². The van der Waals surface area contributed by atoms with Gasteiger partial charge in [-0.2, -0.15) is 0 Å². The summed E-state index contributed by atoms with van der Waals surface area (Å²) in [4.78, 5) is 25.0. The molecule has 0 radical (unpaired) electrons. The molecule has 8 heteroatoms. The van der Waals surface area contributed by atoms with Gasteiger partial charge < -0.3 is 28.8 Å². The molecule has 2 aromatic rings. The number of rotatable bonds is 10. The average molecular weight is 471 g/mol. The average Bonchev–Trinajstić information content (AvgIpc) is 3.43. The zero-order valence-corrected chi connectivity index (χ0v) is 19.2. The summed E-state index contributed by atoms with van der Waals surface area (Å²) in [6.07, 6.45) is 2.31. The Labute approximate surface area is 198 Å². The highest BCUT2D eigenvalue weighted by Gasteiger charge is 2.51. The lowest BCUT2D eigenvalue weighted by molar-refractivity contribution is -0.0287. The molecule has 4 atom stereocenters. The van der Waals surface area contributed by atoms with Crippen LogP contribution < -0.4 is 4.74 Å². The summed E-state index contributed by atoms with van der Waals surface area (Å²) in [6, 6.07) is 12.7. The number of benzene rings is 2. The van der Waals surface area contributed by atoms with E-state index < -0.39 is 36.4 Å². The van der Waals surface area contributed by atoms with Crippen LogP contribution in [-0.2, 0) is 18.9 Å². The molecule has 2 aliphatic heterocycles. The number of aromatic hydroxyl groups is 1. The molecule has 0 amide bonds. The number of ether oxygens (including phenoxy) is 5. The molecule has 2 fully saturated rings. The van der Waals surface area contributed by atoms with E-state index in [2.05, 4.69) is 6.92 Å². The van der Waals surface area contributed by atoms with Gasteiger partial charge in [0.25, 0.3) is 0 Å². The maximum Gasteiger partial charge on any atom is 0.338 e. The molecule has 0 bridgehead atoms. The Kier molecular flexibility index (Phi) is 8.03. The summed E-state index contributed by atoms with van der Waals surface area (Å²) in [6.45, 7) is 3.13. The van der Waals surface area contributed by atoms with Crippen molar-refractivity contribution in [2.45, 2.75) is 57.0 Å². The third kappa shape index (κ3) is 5.87. The maximum absolute atomic E-state index is 12.6. The van der Waals surface area contributed by atoms with E-state index >= 15 is 0 Å². The van der Waals surface area contributed by atoms with Crippen LogP contribution in [0.1, 0.15) is 53.3 Å². The minimum Gasteiger partial charge on any atom is -0.508 e. The molecule has 1 N–H and O–H groups in total. The third-order valence-electron chi connectivity index (χ3n) is 5.94. The van der Waals surface area contributed by atoms with Crippen molar-refractivity contribution < 1.29 is 38.4 Å². The van der Waals surface area contributed by atoms with Crippen molar-refractivity contribution in [2.24, 2.45) is 0 Å². The molecule has 4 rings (SSSR count). The molecule has 8 nitrogen and oxygen atoms in total. The van der Waals surface area contributed by atoms with E-state index in [9.17, 15) is 14.7 Å². The second-order valence-corrected chi connectivity index (χ2v) is 8.46. The van der Waals surface area contributed by atoms with E-state index in [0.717, 1.165) is 18.6 Å². The highest BCUT2D eigenvalue weighted by atomic mass is 16.7. The fourth-order valence-electron chi connectivity index (χ4n) is 4.05. The van der Waals surface area contributed by atoms with Crippen LogP contribution in [0.3, 0.4) is 0 Å². The van der Waals surface area contributed by atoms with E-state index in [0.29, 0.717) is 17.7 Å². The first-order chi connectivity index (χ1) is 16.5. The Hall–Kier alpha value is -3.10. The van der Waals surface area contributed by atoms with Crippen LogP contribution in [0.15, 0.2) is 48.5 Å². The molecule has 2 saturated heterocycles. The van der Waals surface area contributed by atoms with Gasteiger partial charge in [-0.1, -0.05) is 26.2 Å². The Morgan fingerprint density at radius 1 is 0.824 bits per heavy atom. The summed E-state index contributed by atoms with van der Waals surface area (Å²) in [5, 5.41) is 9.36. The number of hydrogen-bond acceptors (Lipinski definition) is 8. The molecular formula is C26H30O8. The number of fused-ring (bicyclic) bond motifs is 1. The third-order valence-corrected chi connectivity index (χ3v) is 5.94. The molecule has 34 heavy (non-hydrogen) atoms. The Morgan fingerprint density at radius 2 is 1.35 bits per heavy atom. The molecule has 182 valence electrons. The van der Waals surface area contributed by atoms with Gasteiger partial charge in [0, 0.05) is 0 Å². The summed E-state index contributed by atoms with van der Waals surface area (Å²) < 4.78 is 28.4. The topological polar surface area (TPSA) is 101 Å². The van der Waals surface area contributed by atoms with Crippen LogP contribution in [-0.4, -0.2) is 61.3 Å². The Balaban J connectivity index is 1.25. The molecule has 0 aliphatic carbocycles. The lowest BCUT2D eigenvalue weighted by Gasteiger charge is -2.17. The lowest BCUT2D eigenvalue weighted by Crippen LogP contribution is -2.36. The van der Waals surface area contributed by atoms with Gasteiger partial charge in [-0.3, -0.25) is 0 Å². The standard InChI is InChI=1S/C26H30O8/c1-2-3-4-5-14-30-20-12-8-18(9-13-20)26(29)34-22-16-32-23-21(15-31-24(22)23)33-25(28)17-6-10-19(27)11-7-17/h6-13,21-24,27H,2-5,14-16H2,1H3. The highest BCUT2D eigenvalue weighted by molar-refractivity contribution is 5.90. The van der Waals surface area contributed by atoms with E-state index in [-0.39, 0.29) is 19.0 Å². The van der Waals surface area contributed by atoms with Crippen molar-refractivity contribution in [3.05, 3.63) is 59.7 Å². The van der Waals surface area contributed by atoms with Crippen molar-refractivity contribution >= 4 is 11.9 Å². The van der Waals surface area contributed by atoms with Crippen LogP contribution in [0, 0.1) is 0 Å². The van der Waals surface area contributed by atoms with Gasteiger partial charge in [0.05, 0.1) is 30.9 Å². The minimum atomic E-state index is -0.608. The summed E-state index contributed by atoms with van der Waals surface area (Å²) >= 11 is 0. The smallest absolute Gasteiger partial charge is 0.338 e. The van der Waals surface area contributed by atoms with Crippen LogP contribution in [0.4, 0.5) is 0 Å². The molecule has 0 saturated carbocycles. The van der Waals surface area contributed by atoms with Crippen LogP contribution >= 0.6 is 0 Å². The normalized spacial score (nSPS) is 23.3. The zero-order valence-electron chi connectivity index (χ0n) is 19.2. The Bertz CT molecular complexity index is 956. The van der Waals surface area contributed by atoms with Gasteiger partial charge in [-0.25, -0.2) is 9.59 Å². The van der Waals surface area contributed by atoms with Gasteiger partial charge in [0.15, 0.2) is 12.2 Å². The fraction of sp³-hybridized carbons (Fsp3) is 0.462. The summed E-state index contributed by atoms with van der Waals surface area (Å²) in [7, 11) is 0. The van der Waals surface area contributed by atoms with Crippen LogP contribution in [0.25, 0.3) is 0 Å². The number of carbonyl (C=O) groups excluding carboxylic acids is 2. The second-order valence-electron chi connectivity index (χ2n) is 8.46. The molecule has 2 aliphatic rings. The number of phenolic OH excluding ortho intramolecular Hbond substituents is 1. The van der Waals surface area contributed by atoms with Crippen molar-refractivity contribution in [3.8, 4) is 11.5 Å².